The van der Waals surface area contributed by atoms with Crippen molar-refractivity contribution in [1.82, 2.24) is 4.90 Å². The van der Waals surface area contributed by atoms with Gasteiger partial charge in [-0.05, 0) is 54.8 Å². The van der Waals surface area contributed by atoms with Gasteiger partial charge in [-0.25, -0.2) is 0 Å². The normalized spacial score (nSPS) is 11.7. The van der Waals surface area contributed by atoms with Crippen LogP contribution in [0.4, 0.5) is 0 Å². The maximum Gasteiger partial charge on any atom is 0.163 e. The minimum absolute atomic E-state index is 0.445. The minimum Gasteiger partial charge on any atom is -0.468 e. The van der Waals surface area contributed by atoms with Crippen LogP contribution in [-0.2, 0) is 25.2 Å². The molecule has 0 amide bonds. The van der Waals surface area contributed by atoms with Crippen LogP contribution >= 0.6 is 0 Å². The lowest BCUT2D eigenvalue weighted by Gasteiger charge is -2.27. The molecule has 0 spiro atoms. The first-order chi connectivity index (χ1) is 13.4. The monoisotopic (exact) mass is 377 g/mol. The van der Waals surface area contributed by atoms with Crippen LogP contribution < -0.4 is 0 Å². The van der Waals surface area contributed by atoms with Crippen molar-refractivity contribution in [2.24, 2.45) is 0 Å². The molecule has 146 valence electrons. The van der Waals surface area contributed by atoms with Crippen LogP contribution in [0.5, 0.6) is 0 Å². The summed E-state index contributed by atoms with van der Waals surface area (Å²) in [6.07, 6.45) is 1.68. The molecule has 3 aromatic rings. The van der Waals surface area contributed by atoms with Crippen LogP contribution in [0, 0.1) is 0 Å². The highest BCUT2D eigenvalue weighted by atomic mass is 16.4. The molecule has 1 aromatic carbocycles. The van der Waals surface area contributed by atoms with Crippen LogP contribution in [-0.4, -0.2) is 10.0 Å². The molecular weight excluding hydrogens is 350 g/mol. The van der Waals surface area contributed by atoms with Gasteiger partial charge in [0.2, 0.25) is 0 Å². The summed E-state index contributed by atoms with van der Waals surface area (Å²) < 4.78 is 11.5. The molecule has 0 aliphatic carbocycles. The highest BCUT2D eigenvalue weighted by Crippen LogP contribution is 2.36. The molecule has 1 N–H and O–H groups in total. The zero-order valence-electron chi connectivity index (χ0n) is 16.5. The summed E-state index contributed by atoms with van der Waals surface area (Å²) in [6, 6.07) is 17.8. The van der Waals surface area contributed by atoms with Gasteiger partial charge in [-0.15, -0.1) is 0 Å². The van der Waals surface area contributed by atoms with E-state index >= 15 is 0 Å². The van der Waals surface area contributed by atoms with Gasteiger partial charge in [0, 0.05) is 6.54 Å². The van der Waals surface area contributed by atoms with Crippen molar-refractivity contribution in [2.45, 2.75) is 39.1 Å². The highest BCUT2D eigenvalue weighted by molar-refractivity contribution is 5.35. The van der Waals surface area contributed by atoms with Crippen LogP contribution in [0.3, 0.4) is 0 Å². The van der Waals surface area contributed by atoms with Gasteiger partial charge in [0.1, 0.15) is 17.3 Å². The Balaban J connectivity index is 1.81. The van der Waals surface area contributed by atoms with Crippen molar-refractivity contribution < 1.29 is 13.9 Å². The van der Waals surface area contributed by atoms with E-state index in [1.807, 2.05) is 36.4 Å². The molecule has 0 bridgehead atoms. The lowest BCUT2D eigenvalue weighted by Crippen LogP contribution is -2.27. The van der Waals surface area contributed by atoms with E-state index in [0.29, 0.717) is 30.0 Å². The smallest absolute Gasteiger partial charge is 0.163 e. The molecule has 28 heavy (non-hydrogen) atoms. The van der Waals surface area contributed by atoms with Crippen LogP contribution in [0.1, 0.15) is 36.7 Å². The van der Waals surface area contributed by atoms with Gasteiger partial charge < -0.3 is 13.9 Å². The van der Waals surface area contributed by atoms with Gasteiger partial charge in [-0.2, -0.15) is 0 Å². The Bertz CT molecular complexity index is 908. The van der Waals surface area contributed by atoms with E-state index in [4.69, 9.17) is 8.83 Å². The predicted molar refractivity (Wildman–Crippen MR) is 110 cm³/mol. The second-order valence-electron chi connectivity index (χ2n) is 7.25. The molecule has 0 aliphatic rings. The molecule has 3 rings (SSSR count). The molecule has 2 aromatic heterocycles. The Morgan fingerprint density at radius 1 is 0.893 bits per heavy atom. The van der Waals surface area contributed by atoms with Gasteiger partial charge >= 0.3 is 0 Å². The molecule has 4 nitrogen and oxygen atoms in total. The SMILES string of the molecule is C=C(C)C(O)(C(=C)C)c1ccc(CN(Cc2ccccc2)Cc2ccco2)o1. The predicted octanol–water partition coefficient (Wildman–Crippen LogP) is 5.41. The first-order valence-corrected chi connectivity index (χ1v) is 9.31. The standard InChI is InChI=1S/C24H27NO3/c1-18(2)24(26,19(3)4)23-13-12-22(28-23)17-25(16-21-11-8-14-27-21)15-20-9-6-5-7-10-20/h5-14,26H,1,3,15-17H2,2,4H3. The molecule has 0 atom stereocenters. The average Bonchev–Trinajstić information content (AvgIpc) is 3.33. The third-order valence-corrected chi connectivity index (χ3v) is 4.84. The minimum atomic E-state index is -1.36. The summed E-state index contributed by atoms with van der Waals surface area (Å²) in [7, 11) is 0. The Morgan fingerprint density at radius 3 is 2.18 bits per heavy atom. The Labute approximate surface area is 166 Å². The topological polar surface area (TPSA) is 49.8 Å². The molecule has 0 aliphatic heterocycles. The second-order valence-corrected chi connectivity index (χ2v) is 7.25. The summed E-state index contributed by atoms with van der Waals surface area (Å²) in [5.74, 6) is 2.10. The Kier molecular flexibility index (Phi) is 6.02. The van der Waals surface area contributed by atoms with Gasteiger partial charge in [-0.1, -0.05) is 43.5 Å². The van der Waals surface area contributed by atoms with E-state index in [0.717, 1.165) is 18.1 Å². The van der Waals surface area contributed by atoms with Crippen LogP contribution in [0.25, 0.3) is 0 Å². The number of benzene rings is 1. The van der Waals surface area contributed by atoms with E-state index < -0.39 is 5.60 Å². The molecular formula is C24H27NO3. The summed E-state index contributed by atoms with van der Waals surface area (Å²) >= 11 is 0. The molecule has 0 saturated heterocycles. The van der Waals surface area contributed by atoms with Crippen LogP contribution in [0.2, 0.25) is 0 Å². The molecule has 0 fully saturated rings. The molecule has 0 saturated carbocycles. The quantitative estimate of drug-likeness (QED) is 0.506. The van der Waals surface area contributed by atoms with Crippen molar-refractivity contribution in [1.29, 1.82) is 0 Å². The fraction of sp³-hybridized carbons (Fsp3) is 0.250. The second kappa shape index (κ2) is 8.46. The maximum atomic E-state index is 11.0. The molecule has 0 radical (unpaired) electrons. The fourth-order valence-electron chi connectivity index (χ4n) is 3.29. The van der Waals surface area contributed by atoms with Crippen molar-refractivity contribution in [2.75, 3.05) is 0 Å². The van der Waals surface area contributed by atoms with Gasteiger partial charge in [-0.3, -0.25) is 4.90 Å². The van der Waals surface area contributed by atoms with Crippen molar-refractivity contribution in [3.8, 4) is 0 Å². The van der Waals surface area contributed by atoms with E-state index in [1.165, 1.54) is 5.56 Å². The lowest BCUT2D eigenvalue weighted by molar-refractivity contribution is 0.0874. The van der Waals surface area contributed by atoms with Gasteiger partial charge in [0.25, 0.3) is 0 Å². The van der Waals surface area contributed by atoms with Crippen LogP contribution in [0.15, 0.2) is 94.0 Å². The number of aliphatic hydroxyl groups is 1. The van der Waals surface area contributed by atoms with E-state index in [2.05, 4.69) is 30.2 Å². The zero-order chi connectivity index (χ0) is 20.1. The third kappa shape index (κ3) is 4.35. The summed E-state index contributed by atoms with van der Waals surface area (Å²) in [5, 5.41) is 11.0. The van der Waals surface area contributed by atoms with Gasteiger partial charge in [0.15, 0.2) is 5.60 Å². The van der Waals surface area contributed by atoms with Crippen molar-refractivity contribution in [3.63, 3.8) is 0 Å². The molecule has 0 unspecified atom stereocenters. The summed E-state index contributed by atoms with van der Waals surface area (Å²) in [6.45, 7) is 13.4. The maximum absolute atomic E-state index is 11.0. The lowest BCUT2D eigenvalue weighted by atomic mass is 9.87. The summed E-state index contributed by atoms with van der Waals surface area (Å²) in [4.78, 5) is 2.23. The van der Waals surface area contributed by atoms with E-state index in [1.54, 1.807) is 26.2 Å². The number of rotatable bonds is 9. The summed E-state index contributed by atoms with van der Waals surface area (Å²) in [5.41, 5.74) is 1.01. The Hall–Kier alpha value is -2.82. The van der Waals surface area contributed by atoms with Crippen molar-refractivity contribution >= 4 is 0 Å². The molecule has 2 heterocycles. The number of hydrogen-bond donors (Lipinski definition) is 1. The van der Waals surface area contributed by atoms with E-state index in [-0.39, 0.29) is 0 Å². The average molecular weight is 377 g/mol. The largest absolute Gasteiger partial charge is 0.468 e. The van der Waals surface area contributed by atoms with Gasteiger partial charge in [0.05, 0.1) is 19.4 Å². The first-order valence-electron chi connectivity index (χ1n) is 9.31. The number of nitrogens with zero attached hydrogens (tertiary/aromatic N) is 1. The number of furan rings is 2. The first kappa shape index (κ1) is 19.9. The molecule has 4 heteroatoms. The van der Waals surface area contributed by atoms with Crippen molar-refractivity contribution in [3.05, 3.63) is 108 Å². The zero-order valence-corrected chi connectivity index (χ0v) is 16.5. The highest BCUT2D eigenvalue weighted by Gasteiger charge is 2.35. The Morgan fingerprint density at radius 2 is 1.57 bits per heavy atom. The fourth-order valence-corrected chi connectivity index (χ4v) is 3.29. The number of hydrogen-bond acceptors (Lipinski definition) is 4. The van der Waals surface area contributed by atoms with E-state index in [9.17, 15) is 5.11 Å². The third-order valence-electron chi connectivity index (χ3n) is 4.84.